The van der Waals surface area contributed by atoms with Gasteiger partial charge in [-0.05, 0) is 68.6 Å². The number of esters is 1. The number of thiophene rings is 1. The number of amides is 1. The van der Waals surface area contributed by atoms with Crippen LogP contribution in [-0.4, -0.2) is 41.4 Å². The summed E-state index contributed by atoms with van der Waals surface area (Å²) in [6.07, 6.45) is 4.90. The average Bonchev–Trinajstić information content (AvgIpc) is 3.38. The molecule has 1 aromatic carbocycles. The number of aromatic nitrogens is 2. The topological polar surface area (TPSA) is 85.2 Å². The Labute approximate surface area is 178 Å². The summed E-state index contributed by atoms with van der Waals surface area (Å²) in [5.74, 6) is -0.389. The van der Waals surface area contributed by atoms with Gasteiger partial charge >= 0.3 is 5.97 Å². The van der Waals surface area contributed by atoms with Crippen molar-refractivity contribution in [3.05, 3.63) is 47.6 Å². The van der Waals surface area contributed by atoms with Crippen LogP contribution in [0.3, 0.4) is 0 Å². The Morgan fingerprint density at radius 2 is 2.10 bits per heavy atom. The molecule has 3 heterocycles. The van der Waals surface area contributed by atoms with E-state index in [0.717, 1.165) is 23.2 Å². The quantitative estimate of drug-likeness (QED) is 0.601. The van der Waals surface area contributed by atoms with E-state index in [4.69, 9.17) is 4.74 Å². The van der Waals surface area contributed by atoms with E-state index in [0.29, 0.717) is 30.0 Å². The largest absolute Gasteiger partial charge is 0.462 e. The lowest BCUT2D eigenvalue weighted by Crippen LogP contribution is -2.52. The number of carbonyl (C=O) groups is 2. The summed E-state index contributed by atoms with van der Waals surface area (Å²) in [4.78, 5) is 25.8. The molecule has 3 aromatic rings. The van der Waals surface area contributed by atoms with Crippen LogP contribution < -0.4 is 10.6 Å². The third-order valence-electron chi connectivity index (χ3n) is 5.05. The van der Waals surface area contributed by atoms with E-state index in [-0.39, 0.29) is 24.3 Å². The van der Waals surface area contributed by atoms with Gasteiger partial charge in [-0.2, -0.15) is 5.10 Å². The maximum Gasteiger partial charge on any atom is 0.348 e. The molecular formula is C20H23ClN4O3S. The van der Waals surface area contributed by atoms with Crippen LogP contribution in [0.5, 0.6) is 0 Å². The zero-order chi connectivity index (χ0) is 19.6. The molecule has 1 aliphatic heterocycles. The molecule has 2 aromatic heterocycles. The van der Waals surface area contributed by atoms with Crippen LogP contribution in [0.2, 0.25) is 0 Å². The molecule has 0 saturated carbocycles. The Morgan fingerprint density at radius 1 is 1.31 bits per heavy atom. The highest BCUT2D eigenvalue weighted by Gasteiger charge is 2.42. The van der Waals surface area contributed by atoms with Crippen molar-refractivity contribution in [2.45, 2.75) is 25.3 Å². The molecule has 4 rings (SSSR count). The molecule has 7 nitrogen and oxygen atoms in total. The molecule has 154 valence electrons. The second-order valence-corrected chi connectivity index (χ2v) is 7.85. The van der Waals surface area contributed by atoms with Crippen molar-refractivity contribution < 1.29 is 14.3 Å². The Kier molecular flexibility index (Phi) is 6.56. The summed E-state index contributed by atoms with van der Waals surface area (Å²) in [6, 6.07) is 9.32. The van der Waals surface area contributed by atoms with Crippen LogP contribution in [0.4, 0.5) is 5.69 Å². The van der Waals surface area contributed by atoms with Crippen molar-refractivity contribution >= 4 is 51.4 Å². The smallest absolute Gasteiger partial charge is 0.348 e. The Balaban J connectivity index is 0.00000240. The number of anilines is 1. The predicted octanol–water partition coefficient (Wildman–Crippen LogP) is 3.41. The zero-order valence-corrected chi connectivity index (χ0v) is 17.6. The number of benzene rings is 1. The van der Waals surface area contributed by atoms with Crippen molar-refractivity contribution in [2.24, 2.45) is 0 Å². The van der Waals surface area contributed by atoms with E-state index in [1.54, 1.807) is 23.9 Å². The van der Waals surface area contributed by atoms with Crippen molar-refractivity contribution in [1.82, 2.24) is 15.1 Å². The van der Waals surface area contributed by atoms with E-state index in [1.165, 1.54) is 11.3 Å². The molecule has 0 spiro atoms. The van der Waals surface area contributed by atoms with Crippen molar-refractivity contribution in [3.63, 3.8) is 0 Å². The number of rotatable bonds is 5. The molecule has 1 aliphatic rings. The SMILES string of the molecule is CCOC(=O)c1cc2cc(NC(=O)C3(n4cccn4)CCNCC3)ccc2s1.Cl. The number of nitrogens with zero attached hydrogens (tertiary/aromatic N) is 2. The number of hydrogen-bond acceptors (Lipinski definition) is 6. The highest BCUT2D eigenvalue weighted by Crippen LogP contribution is 2.31. The van der Waals surface area contributed by atoms with Crippen molar-refractivity contribution in [2.75, 3.05) is 25.0 Å². The molecule has 0 radical (unpaired) electrons. The maximum absolute atomic E-state index is 13.3. The number of fused-ring (bicyclic) bond motifs is 1. The minimum absolute atomic E-state index is 0. The van der Waals surface area contributed by atoms with Gasteiger partial charge in [0.25, 0.3) is 5.91 Å². The van der Waals surface area contributed by atoms with Crippen LogP contribution in [0.1, 0.15) is 29.4 Å². The minimum Gasteiger partial charge on any atom is -0.462 e. The van der Waals surface area contributed by atoms with E-state index in [2.05, 4.69) is 15.7 Å². The molecule has 2 N–H and O–H groups in total. The van der Waals surface area contributed by atoms with Crippen molar-refractivity contribution in [3.8, 4) is 0 Å². The highest BCUT2D eigenvalue weighted by atomic mass is 35.5. The summed E-state index contributed by atoms with van der Waals surface area (Å²) in [6.45, 7) is 3.66. The van der Waals surface area contributed by atoms with Gasteiger partial charge in [-0.25, -0.2) is 4.79 Å². The van der Waals surface area contributed by atoms with Crippen LogP contribution in [0.15, 0.2) is 42.7 Å². The second-order valence-electron chi connectivity index (χ2n) is 6.77. The van der Waals surface area contributed by atoms with Gasteiger partial charge in [0, 0.05) is 22.8 Å². The fourth-order valence-electron chi connectivity index (χ4n) is 3.59. The predicted molar refractivity (Wildman–Crippen MR) is 116 cm³/mol. The number of carbonyl (C=O) groups excluding carboxylic acids is 2. The first-order valence-corrected chi connectivity index (χ1v) is 10.2. The number of nitrogens with one attached hydrogen (secondary N) is 2. The van der Waals surface area contributed by atoms with Gasteiger partial charge < -0.3 is 15.4 Å². The van der Waals surface area contributed by atoms with E-state index in [1.807, 2.05) is 30.5 Å². The number of hydrogen-bond donors (Lipinski definition) is 2. The number of halogens is 1. The Hall–Kier alpha value is -2.42. The lowest BCUT2D eigenvalue weighted by atomic mass is 9.87. The molecule has 0 atom stereocenters. The molecule has 1 saturated heterocycles. The third kappa shape index (κ3) is 4.14. The third-order valence-corrected chi connectivity index (χ3v) is 6.14. The van der Waals surface area contributed by atoms with Crippen molar-refractivity contribution in [1.29, 1.82) is 0 Å². The lowest BCUT2D eigenvalue weighted by Gasteiger charge is -2.36. The first-order chi connectivity index (χ1) is 13.6. The van der Waals surface area contributed by atoms with Crippen LogP contribution >= 0.6 is 23.7 Å². The van der Waals surface area contributed by atoms with E-state index >= 15 is 0 Å². The van der Waals surface area contributed by atoms with Gasteiger partial charge in [0.05, 0.1) is 6.61 Å². The van der Waals surface area contributed by atoms with Crippen LogP contribution in [0.25, 0.3) is 10.1 Å². The average molecular weight is 435 g/mol. The molecule has 9 heteroatoms. The van der Waals surface area contributed by atoms with E-state index < -0.39 is 5.54 Å². The zero-order valence-electron chi connectivity index (χ0n) is 16.0. The second kappa shape index (κ2) is 8.94. The summed E-state index contributed by atoms with van der Waals surface area (Å²) < 4.78 is 7.82. The summed E-state index contributed by atoms with van der Waals surface area (Å²) >= 11 is 1.39. The molecule has 0 bridgehead atoms. The summed E-state index contributed by atoms with van der Waals surface area (Å²) in [5, 5.41) is 11.6. The number of piperidine rings is 1. The van der Waals surface area contributed by atoms with Gasteiger partial charge in [0.1, 0.15) is 10.4 Å². The van der Waals surface area contributed by atoms with Crippen LogP contribution in [-0.2, 0) is 15.1 Å². The normalized spacial score (nSPS) is 15.5. The fourth-order valence-corrected chi connectivity index (χ4v) is 4.53. The van der Waals surface area contributed by atoms with Gasteiger partial charge in [-0.15, -0.1) is 23.7 Å². The minimum atomic E-state index is -0.700. The van der Waals surface area contributed by atoms with E-state index in [9.17, 15) is 9.59 Å². The van der Waals surface area contributed by atoms with Gasteiger partial charge in [0.2, 0.25) is 0 Å². The molecule has 29 heavy (non-hydrogen) atoms. The molecule has 0 unspecified atom stereocenters. The summed E-state index contributed by atoms with van der Waals surface area (Å²) in [5.41, 5.74) is 0.00446. The highest BCUT2D eigenvalue weighted by molar-refractivity contribution is 7.20. The monoisotopic (exact) mass is 434 g/mol. The Morgan fingerprint density at radius 3 is 2.79 bits per heavy atom. The van der Waals surface area contributed by atoms with Gasteiger partial charge in [0.15, 0.2) is 0 Å². The molecular weight excluding hydrogens is 412 g/mol. The van der Waals surface area contributed by atoms with Crippen LogP contribution in [0, 0.1) is 0 Å². The Bertz CT molecular complexity index is 997. The standard InChI is InChI=1S/C20H22N4O3S.ClH/c1-2-27-18(25)17-13-14-12-15(4-5-16(14)28-17)23-19(26)20(6-9-21-10-7-20)24-11-3-8-22-24;/h3-5,8,11-13,21H,2,6-7,9-10H2,1H3,(H,23,26);1H. The molecule has 0 aliphatic carbocycles. The first kappa shape index (κ1) is 21.3. The number of ether oxygens (including phenoxy) is 1. The lowest BCUT2D eigenvalue weighted by molar-refractivity contribution is -0.126. The first-order valence-electron chi connectivity index (χ1n) is 9.35. The van der Waals surface area contributed by atoms with Gasteiger partial charge in [-0.1, -0.05) is 0 Å². The van der Waals surface area contributed by atoms with Gasteiger partial charge in [-0.3, -0.25) is 9.48 Å². The molecule has 1 amide bonds. The maximum atomic E-state index is 13.3. The molecule has 1 fully saturated rings. The fraction of sp³-hybridized carbons (Fsp3) is 0.350. The summed E-state index contributed by atoms with van der Waals surface area (Å²) in [7, 11) is 0.